The summed E-state index contributed by atoms with van der Waals surface area (Å²) in [7, 11) is 0. The fourth-order valence-electron chi connectivity index (χ4n) is 2.36. The Hall–Kier alpha value is -1.38. The molecule has 15 heavy (non-hydrogen) atoms. The molecule has 0 aliphatic heterocycles. The molecule has 0 spiro atoms. The maximum Gasteiger partial charge on any atom is 0.221 e. The van der Waals surface area contributed by atoms with Gasteiger partial charge >= 0.3 is 0 Å². The van der Waals surface area contributed by atoms with Gasteiger partial charge < -0.3 is 5.73 Å². The van der Waals surface area contributed by atoms with E-state index in [0.29, 0.717) is 6.42 Å². The number of alkyl halides is 1. The molecule has 3 heteroatoms. The molecule has 1 aliphatic rings. The van der Waals surface area contributed by atoms with Crippen molar-refractivity contribution in [2.45, 2.75) is 24.9 Å². The Balaban J connectivity index is 2.24. The van der Waals surface area contributed by atoms with E-state index in [0.717, 1.165) is 5.56 Å². The molecule has 2 nitrogen and oxygen atoms in total. The van der Waals surface area contributed by atoms with Crippen LogP contribution in [0.1, 0.15) is 24.3 Å². The second kappa shape index (κ2) is 4.01. The zero-order chi connectivity index (χ0) is 10.8. The summed E-state index contributed by atoms with van der Waals surface area (Å²) in [6.07, 6.45) is -0.209. The average Bonchev–Trinajstić information content (AvgIpc) is 2.62. The molecule has 1 saturated carbocycles. The maximum absolute atomic E-state index is 13.3. The lowest BCUT2D eigenvalue weighted by Gasteiger charge is -2.15. The Bertz CT molecular complexity index is 352. The fraction of sp³-hybridized carbons (Fsp3) is 0.417. The van der Waals surface area contributed by atoms with Gasteiger partial charge in [-0.05, 0) is 24.3 Å². The first kappa shape index (κ1) is 10.1. The molecule has 1 aromatic rings. The van der Waals surface area contributed by atoms with Crippen molar-refractivity contribution in [1.82, 2.24) is 0 Å². The van der Waals surface area contributed by atoms with Crippen molar-refractivity contribution in [3.8, 4) is 0 Å². The third kappa shape index (κ3) is 2.01. The van der Waals surface area contributed by atoms with Gasteiger partial charge in [0.05, 0.1) is 0 Å². The smallest absolute Gasteiger partial charge is 0.221 e. The first-order chi connectivity index (χ1) is 7.18. The fourth-order valence-corrected chi connectivity index (χ4v) is 2.36. The van der Waals surface area contributed by atoms with Gasteiger partial charge in [0.2, 0.25) is 5.91 Å². The normalized spacial score (nSPS) is 30.3. The minimum Gasteiger partial charge on any atom is -0.369 e. The Morgan fingerprint density at radius 1 is 1.27 bits per heavy atom. The summed E-state index contributed by atoms with van der Waals surface area (Å²) < 4.78 is 13.3. The van der Waals surface area contributed by atoms with Crippen LogP contribution in [0.2, 0.25) is 0 Å². The molecule has 1 aliphatic carbocycles. The molecule has 0 aromatic heterocycles. The van der Waals surface area contributed by atoms with Gasteiger partial charge in [0.1, 0.15) is 6.17 Å². The van der Waals surface area contributed by atoms with E-state index in [1.807, 2.05) is 30.3 Å². The maximum atomic E-state index is 13.3. The van der Waals surface area contributed by atoms with Gasteiger partial charge in [-0.25, -0.2) is 4.39 Å². The zero-order valence-electron chi connectivity index (χ0n) is 8.40. The summed E-state index contributed by atoms with van der Waals surface area (Å²) in [6, 6.07) is 9.57. The molecule has 1 aromatic carbocycles. The third-order valence-electron chi connectivity index (χ3n) is 3.10. The van der Waals surface area contributed by atoms with E-state index < -0.39 is 6.17 Å². The van der Waals surface area contributed by atoms with Gasteiger partial charge in [0, 0.05) is 5.92 Å². The van der Waals surface area contributed by atoms with Gasteiger partial charge in [0.25, 0.3) is 0 Å². The molecule has 80 valence electrons. The standard InChI is InChI=1S/C12H14FNO/c13-9-6-10(11(7-9)12(14)15)8-4-2-1-3-5-8/h1-5,9-11H,6-7H2,(H2,14,15)/t9-,10?,11-/m1/s1. The summed E-state index contributed by atoms with van der Waals surface area (Å²) in [5, 5.41) is 0. The van der Waals surface area contributed by atoms with Crippen LogP contribution in [0.25, 0.3) is 0 Å². The van der Waals surface area contributed by atoms with Crippen LogP contribution in [0.15, 0.2) is 30.3 Å². The minimum atomic E-state index is -0.896. The van der Waals surface area contributed by atoms with E-state index in [-0.39, 0.29) is 24.2 Å². The predicted octanol–water partition coefficient (Wildman–Crippen LogP) is 2.00. The van der Waals surface area contributed by atoms with Crippen LogP contribution in [-0.2, 0) is 4.79 Å². The van der Waals surface area contributed by atoms with Crippen molar-refractivity contribution < 1.29 is 9.18 Å². The van der Waals surface area contributed by atoms with Crippen LogP contribution in [0.4, 0.5) is 4.39 Å². The Morgan fingerprint density at radius 3 is 2.53 bits per heavy atom. The molecule has 1 unspecified atom stereocenters. The van der Waals surface area contributed by atoms with Crippen molar-refractivity contribution in [3.63, 3.8) is 0 Å². The van der Waals surface area contributed by atoms with Gasteiger partial charge in [-0.3, -0.25) is 4.79 Å². The molecular weight excluding hydrogens is 193 g/mol. The van der Waals surface area contributed by atoms with Crippen LogP contribution in [0.3, 0.4) is 0 Å². The number of halogens is 1. The van der Waals surface area contributed by atoms with E-state index >= 15 is 0 Å². The molecular formula is C12H14FNO. The second-order valence-corrected chi connectivity index (χ2v) is 4.09. The highest BCUT2D eigenvalue weighted by molar-refractivity contribution is 5.78. The molecule has 1 fully saturated rings. The lowest BCUT2D eigenvalue weighted by atomic mass is 9.88. The van der Waals surface area contributed by atoms with Gasteiger partial charge in [-0.15, -0.1) is 0 Å². The van der Waals surface area contributed by atoms with Crippen LogP contribution in [0, 0.1) is 5.92 Å². The van der Waals surface area contributed by atoms with E-state index in [1.54, 1.807) is 0 Å². The van der Waals surface area contributed by atoms with Crippen molar-refractivity contribution in [2.24, 2.45) is 11.7 Å². The van der Waals surface area contributed by atoms with Crippen LogP contribution >= 0.6 is 0 Å². The summed E-state index contributed by atoms with van der Waals surface area (Å²) in [4.78, 5) is 11.2. The monoisotopic (exact) mass is 207 g/mol. The Labute approximate surface area is 88.3 Å². The SMILES string of the molecule is NC(=O)[C@@H]1C[C@H](F)CC1c1ccccc1. The molecule has 2 N–H and O–H groups in total. The Morgan fingerprint density at radius 2 is 1.93 bits per heavy atom. The second-order valence-electron chi connectivity index (χ2n) is 4.09. The molecule has 2 rings (SSSR count). The van der Waals surface area contributed by atoms with Gasteiger partial charge in [-0.2, -0.15) is 0 Å². The number of rotatable bonds is 2. The van der Waals surface area contributed by atoms with Gasteiger partial charge in [0.15, 0.2) is 0 Å². The highest BCUT2D eigenvalue weighted by atomic mass is 19.1. The van der Waals surface area contributed by atoms with Crippen LogP contribution < -0.4 is 5.73 Å². The summed E-state index contributed by atoms with van der Waals surface area (Å²) in [5.74, 6) is -0.773. The predicted molar refractivity (Wildman–Crippen MR) is 56.0 cm³/mol. The number of primary amides is 1. The van der Waals surface area contributed by atoms with E-state index in [4.69, 9.17) is 5.73 Å². The minimum absolute atomic E-state index is 0.0429. The summed E-state index contributed by atoms with van der Waals surface area (Å²) in [6.45, 7) is 0. The first-order valence-electron chi connectivity index (χ1n) is 5.17. The molecule has 0 heterocycles. The molecule has 3 atom stereocenters. The van der Waals surface area contributed by atoms with Crippen molar-refractivity contribution in [3.05, 3.63) is 35.9 Å². The molecule has 0 radical (unpaired) electrons. The molecule has 1 amide bonds. The number of hydrogen-bond donors (Lipinski definition) is 1. The molecule has 0 saturated heterocycles. The van der Waals surface area contributed by atoms with Crippen molar-refractivity contribution in [2.75, 3.05) is 0 Å². The first-order valence-corrected chi connectivity index (χ1v) is 5.17. The number of hydrogen-bond acceptors (Lipinski definition) is 1. The lowest BCUT2D eigenvalue weighted by molar-refractivity contribution is -0.122. The number of carbonyl (C=O) groups excluding carboxylic acids is 1. The molecule has 0 bridgehead atoms. The van der Waals surface area contributed by atoms with Crippen molar-refractivity contribution in [1.29, 1.82) is 0 Å². The van der Waals surface area contributed by atoms with Gasteiger partial charge in [-0.1, -0.05) is 30.3 Å². The van der Waals surface area contributed by atoms with Crippen LogP contribution in [0.5, 0.6) is 0 Å². The highest BCUT2D eigenvalue weighted by Gasteiger charge is 2.38. The lowest BCUT2D eigenvalue weighted by Crippen LogP contribution is -2.25. The highest BCUT2D eigenvalue weighted by Crippen LogP contribution is 2.40. The number of carbonyl (C=O) groups is 1. The number of nitrogens with two attached hydrogens (primary N) is 1. The summed E-state index contributed by atoms with van der Waals surface area (Å²) in [5.41, 5.74) is 6.30. The Kier molecular flexibility index (Phi) is 2.71. The topological polar surface area (TPSA) is 43.1 Å². The van der Waals surface area contributed by atoms with E-state index in [1.165, 1.54) is 0 Å². The summed E-state index contributed by atoms with van der Waals surface area (Å²) >= 11 is 0. The quantitative estimate of drug-likeness (QED) is 0.792. The zero-order valence-corrected chi connectivity index (χ0v) is 8.40. The van der Waals surface area contributed by atoms with E-state index in [2.05, 4.69) is 0 Å². The van der Waals surface area contributed by atoms with Crippen LogP contribution in [-0.4, -0.2) is 12.1 Å². The van der Waals surface area contributed by atoms with E-state index in [9.17, 15) is 9.18 Å². The van der Waals surface area contributed by atoms with Crippen molar-refractivity contribution >= 4 is 5.91 Å². The number of benzene rings is 1. The number of amides is 1. The third-order valence-corrected chi connectivity index (χ3v) is 3.10. The average molecular weight is 207 g/mol. The largest absolute Gasteiger partial charge is 0.369 e.